The van der Waals surface area contributed by atoms with Gasteiger partial charge in [-0.25, -0.2) is 0 Å². The monoisotopic (exact) mass is 324 g/mol. The fraction of sp³-hybridized carbons (Fsp3) is 0.500. The van der Waals surface area contributed by atoms with Crippen molar-refractivity contribution in [3.05, 3.63) is 34.9 Å². The van der Waals surface area contributed by atoms with Crippen molar-refractivity contribution in [2.75, 3.05) is 19.8 Å². The number of hydrogen-bond acceptors (Lipinski definition) is 3. The van der Waals surface area contributed by atoms with Crippen LogP contribution in [0.3, 0.4) is 0 Å². The summed E-state index contributed by atoms with van der Waals surface area (Å²) in [6.45, 7) is 5.64. The molecule has 0 unspecified atom stereocenters. The Labute approximate surface area is 134 Å². The van der Waals surface area contributed by atoms with Crippen LogP contribution in [0, 0.1) is 13.8 Å². The molecule has 1 N–H and O–H groups in total. The summed E-state index contributed by atoms with van der Waals surface area (Å²) in [5.41, 5.74) is 3.28. The van der Waals surface area contributed by atoms with E-state index in [1.165, 1.54) is 10.5 Å². The first-order chi connectivity index (χ1) is 10.2. The smallest absolute Gasteiger partial charge is 0.244 e. The van der Waals surface area contributed by atoms with Gasteiger partial charge in [-0.05, 0) is 37.5 Å². The van der Waals surface area contributed by atoms with Gasteiger partial charge in [0.2, 0.25) is 11.8 Å². The Morgan fingerprint density at radius 2 is 1.86 bits per heavy atom. The fourth-order valence-corrected chi connectivity index (χ4v) is 3.04. The van der Waals surface area contributed by atoms with Crippen LogP contribution < -0.4 is 5.32 Å². The molecule has 0 aliphatic rings. The first kappa shape index (κ1) is 18.4. The van der Waals surface area contributed by atoms with Crippen LogP contribution in [-0.2, 0) is 26.1 Å². The molecule has 6 heteroatoms. The molecule has 0 aromatic heterocycles. The number of aryl methyl sites for hydroxylation is 2. The molecule has 2 atom stereocenters. The third-order valence-electron chi connectivity index (χ3n) is 3.38. The molecule has 0 aliphatic carbocycles. The topological polar surface area (TPSA) is 66.5 Å². The Kier molecular flexibility index (Phi) is 6.74. The predicted molar refractivity (Wildman–Crippen MR) is 88.9 cm³/mol. The molecule has 0 radical (unpaired) electrons. The first-order valence-corrected chi connectivity index (χ1v) is 8.61. The van der Waals surface area contributed by atoms with Crippen LogP contribution >= 0.6 is 0 Å². The van der Waals surface area contributed by atoms with Gasteiger partial charge in [0.15, 0.2) is 0 Å². The van der Waals surface area contributed by atoms with Crippen LogP contribution in [0.5, 0.6) is 0 Å². The van der Waals surface area contributed by atoms with Crippen LogP contribution in [0.25, 0.3) is 0 Å². The standard InChI is InChI=1S/C16H24N2O3S/c1-11-6-7-14(8-12(11)2)9-22(21)10-15(19)17-13(3)16(20)18(4)5/h6-8,13H,9-10H2,1-5H3,(H,17,19)/t13-,22-/m1/s1. The number of rotatable bonds is 6. The first-order valence-electron chi connectivity index (χ1n) is 7.12. The lowest BCUT2D eigenvalue weighted by Gasteiger charge is -2.17. The molecule has 122 valence electrons. The van der Waals surface area contributed by atoms with Crippen molar-refractivity contribution in [2.24, 2.45) is 0 Å². The van der Waals surface area contributed by atoms with Crippen LogP contribution in [0.2, 0.25) is 0 Å². The maximum atomic E-state index is 12.1. The van der Waals surface area contributed by atoms with Gasteiger partial charge in [0.05, 0.1) is 0 Å². The van der Waals surface area contributed by atoms with Crippen molar-refractivity contribution in [1.29, 1.82) is 0 Å². The molecule has 5 nitrogen and oxygen atoms in total. The van der Waals surface area contributed by atoms with E-state index in [4.69, 9.17) is 0 Å². The zero-order chi connectivity index (χ0) is 16.9. The zero-order valence-electron chi connectivity index (χ0n) is 13.8. The van der Waals surface area contributed by atoms with E-state index in [9.17, 15) is 13.8 Å². The molecule has 1 rings (SSSR count). The Morgan fingerprint density at radius 3 is 2.41 bits per heavy atom. The number of benzene rings is 1. The highest BCUT2D eigenvalue weighted by molar-refractivity contribution is 7.84. The van der Waals surface area contributed by atoms with E-state index in [2.05, 4.69) is 5.32 Å². The van der Waals surface area contributed by atoms with E-state index in [0.29, 0.717) is 5.75 Å². The van der Waals surface area contributed by atoms with Crippen LogP contribution in [0.1, 0.15) is 23.6 Å². The van der Waals surface area contributed by atoms with Crippen molar-refractivity contribution >= 4 is 22.6 Å². The second-order valence-corrected chi connectivity index (χ2v) is 7.13. The number of nitrogens with one attached hydrogen (secondary N) is 1. The Hall–Kier alpha value is -1.69. The van der Waals surface area contributed by atoms with Gasteiger partial charge in [-0.15, -0.1) is 0 Å². The minimum absolute atomic E-state index is 0.0992. The zero-order valence-corrected chi connectivity index (χ0v) is 14.6. The van der Waals surface area contributed by atoms with Crippen LogP contribution in [0.4, 0.5) is 0 Å². The van der Waals surface area contributed by atoms with Gasteiger partial charge >= 0.3 is 0 Å². The minimum atomic E-state index is -1.29. The van der Waals surface area contributed by atoms with Crippen molar-refractivity contribution in [1.82, 2.24) is 10.2 Å². The van der Waals surface area contributed by atoms with Crippen LogP contribution in [-0.4, -0.2) is 46.8 Å². The van der Waals surface area contributed by atoms with Gasteiger partial charge in [-0.1, -0.05) is 18.2 Å². The third kappa shape index (κ3) is 5.60. The lowest BCUT2D eigenvalue weighted by atomic mass is 10.1. The third-order valence-corrected chi connectivity index (χ3v) is 4.62. The average Bonchev–Trinajstić information content (AvgIpc) is 2.41. The maximum absolute atomic E-state index is 12.1. The quantitative estimate of drug-likeness (QED) is 0.853. The van der Waals surface area contributed by atoms with E-state index < -0.39 is 16.8 Å². The number of carbonyl (C=O) groups excluding carboxylic acids is 2. The van der Waals surface area contributed by atoms with Gasteiger partial charge in [0.1, 0.15) is 11.8 Å². The lowest BCUT2D eigenvalue weighted by Crippen LogP contribution is -2.45. The Morgan fingerprint density at radius 1 is 1.23 bits per heavy atom. The maximum Gasteiger partial charge on any atom is 0.244 e. The molecular formula is C16H24N2O3S. The molecule has 22 heavy (non-hydrogen) atoms. The summed E-state index contributed by atoms with van der Waals surface area (Å²) in [6.07, 6.45) is 0. The molecule has 1 aromatic rings. The van der Waals surface area contributed by atoms with Gasteiger partial charge in [-0.3, -0.25) is 13.8 Å². The van der Waals surface area contributed by atoms with Crippen molar-refractivity contribution < 1.29 is 13.8 Å². The number of hydrogen-bond donors (Lipinski definition) is 1. The van der Waals surface area contributed by atoms with E-state index in [-0.39, 0.29) is 17.6 Å². The second-order valence-electron chi connectivity index (χ2n) is 5.67. The van der Waals surface area contributed by atoms with E-state index in [1.54, 1.807) is 21.0 Å². The van der Waals surface area contributed by atoms with Gasteiger partial charge in [0.25, 0.3) is 0 Å². The molecule has 0 fully saturated rings. The molecule has 0 bridgehead atoms. The summed E-state index contributed by atoms with van der Waals surface area (Å²) in [7, 11) is 1.96. The molecule has 0 spiro atoms. The molecule has 0 aliphatic heterocycles. The summed E-state index contributed by atoms with van der Waals surface area (Å²) in [4.78, 5) is 24.9. The predicted octanol–water partition coefficient (Wildman–Crippen LogP) is 1.15. The van der Waals surface area contributed by atoms with E-state index in [1.807, 2.05) is 32.0 Å². The molecule has 0 heterocycles. The number of amides is 2. The summed E-state index contributed by atoms with van der Waals surface area (Å²) in [5.74, 6) is -0.319. The number of likely N-dealkylation sites (N-methyl/N-ethyl adjacent to an activating group) is 1. The van der Waals surface area contributed by atoms with Gasteiger partial charge < -0.3 is 10.2 Å². The fourth-order valence-electron chi connectivity index (χ4n) is 2.01. The summed E-state index contributed by atoms with van der Waals surface area (Å²) >= 11 is 0. The summed E-state index contributed by atoms with van der Waals surface area (Å²) < 4.78 is 12.1. The Balaban J connectivity index is 2.52. The second kappa shape index (κ2) is 8.08. The average molecular weight is 324 g/mol. The summed E-state index contributed by atoms with van der Waals surface area (Å²) in [6, 6.07) is 5.29. The minimum Gasteiger partial charge on any atom is -0.347 e. The molecule has 0 saturated heterocycles. The highest BCUT2D eigenvalue weighted by Crippen LogP contribution is 2.11. The van der Waals surface area contributed by atoms with Crippen molar-refractivity contribution in [3.63, 3.8) is 0 Å². The van der Waals surface area contributed by atoms with Crippen molar-refractivity contribution in [2.45, 2.75) is 32.6 Å². The van der Waals surface area contributed by atoms with E-state index in [0.717, 1.165) is 11.1 Å². The molecule has 1 aromatic carbocycles. The highest BCUT2D eigenvalue weighted by Gasteiger charge is 2.18. The number of carbonyl (C=O) groups is 2. The molecule has 0 saturated carbocycles. The van der Waals surface area contributed by atoms with Gasteiger partial charge in [0, 0.05) is 30.6 Å². The normalized spacial score (nSPS) is 13.3. The molecular weight excluding hydrogens is 300 g/mol. The van der Waals surface area contributed by atoms with Crippen LogP contribution in [0.15, 0.2) is 18.2 Å². The summed E-state index contributed by atoms with van der Waals surface area (Å²) in [5, 5.41) is 2.57. The Bertz CT molecular complexity index is 585. The lowest BCUT2D eigenvalue weighted by molar-refractivity contribution is -0.133. The largest absolute Gasteiger partial charge is 0.347 e. The highest BCUT2D eigenvalue weighted by atomic mass is 32.2. The SMILES string of the molecule is Cc1ccc(C[S@@](=O)CC(=O)N[C@H](C)C(=O)N(C)C)cc1C. The van der Waals surface area contributed by atoms with E-state index >= 15 is 0 Å². The van der Waals surface area contributed by atoms with Crippen molar-refractivity contribution in [3.8, 4) is 0 Å². The van der Waals surface area contributed by atoms with Gasteiger partial charge in [-0.2, -0.15) is 0 Å². The number of nitrogens with zero attached hydrogens (tertiary/aromatic N) is 1. The molecule has 2 amide bonds.